The van der Waals surface area contributed by atoms with Gasteiger partial charge in [-0.2, -0.15) is 0 Å². The highest BCUT2D eigenvalue weighted by Gasteiger charge is 2.18. The second-order valence-corrected chi connectivity index (χ2v) is 6.90. The van der Waals surface area contributed by atoms with Gasteiger partial charge in [0, 0.05) is 10.7 Å². The molecular formula is C17H24N2S. The molecule has 1 aromatic carbocycles. The third-order valence-corrected chi connectivity index (χ3v) is 5.65. The first-order valence-corrected chi connectivity index (χ1v) is 8.68. The summed E-state index contributed by atoms with van der Waals surface area (Å²) in [5.41, 5.74) is 4.42. The Kier molecular flexibility index (Phi) is 4.71. The van der Waals surface area contributed by atoms with Crippen LogP contribution in [0.1, 0.15) is 56.6 Å². The van der Waals surface area contributed by atoms with E-state index >= 15 is 0 Å². The second kappa shape index (κ2) is 6.70. The first kappa shape index (κ1) is 14.1. The van der Waals surface area contributed by atoms with Crippen molar-refractivity contribution in [1.29, 1.82) is 0 Å². The number of hydrazine groups is 1. The van der Waals surface area contributed by atoms with Crippen molar-refractivity contribution < 1.29 is 0 Å². The summed E-state index contributed by atoms with van der Waals surface area (Å²) < 4.78 is 1.39. The molecule has 3 N–H and O–H groups in total. The average Bonchev–Trinajstić information content (AvgIpc) is 2.98. The van der Waals surface area contributed by atoms with E-state index in [-0.39, 0.29) is 0 Å². The molecule has 1 aliphatic carbocycles. The zero-order valence-corrected chi connectivity index (χ0v) is 12.8. The molecule has 1 atom stereocenters. The van der Waals surface area contributed by atoms with Gasteiger partial charge in [0.05, 0.1) is 0 Å². The number of benzene rings is 1. The monoisotopic (exact) mass is 288 g/mol. The van der Waals surface area contributed by atoms with Crippen molar-refractivity contribution in [2.24, 2.45) is 11.8 Å². The molecular weight excluding hydrogens is 264 g/mol. The minimum absolute atomic E-state index is 0.291. The lowest BCUT2D eigenvalue weighted by Crippen LogP contribution is -2.28. The van der Waals surface area contributed by atoms with Crippen molar-refractivity contribution in [3.63, 3.8) is 0 Å². The molecule has 20 heavy (non-hydrogen) atoms. The van der Waals surface area contributed by atoms with Crippen LogP contribution in [-0.4, -0.2) is 0 Å². The second-order valence-electron chi connectivity index (χ2n) is 5.99. The molecule has 2 aromatic rings. The fraction of sp³-hybridized carbons (Fsp3) is 0.529. The quantitative estimate of drug-likeness (QED) is 0.614. The van der Waals surface area contributed by atoms with Crippen LogP contribution in [0.2, 0.25) is 0 Å². The van der Waals surface area contributed by atoms with Crippen LogP contribution in [0.15, 0.2) is 29.6 Å². The first-order chi connectivity index (χ1) is 9.88. The largest absolute Gasteiger partial charge is 0.271 e. The van der Waals surface area contributed by atoms with Crippen LogP contribution in [0.3, 0.4) is 0 Å². The summed E-state index contributed by atoms with van der Waals surface area (Å²) in [7, 11) is 0. The van der Waals surface area contributed by atoms with E-state index in [4.69, 9.17) is 5.84 Å². The zero-order valence-electron chi connectivity index (χ0n) is 12.0. The number of hydrogen-bond acceptors (Lipinski definition) is 3. The number of nitrogens with two attached hydrogens (primary N) is 1. The molecule has 108 valence electrons. The van der Waals surface area contributed by atoms with Gasteiger partial charge in [0.25, 0.3) is 0 Å². The molecule has 0 bridgehead atoms. The van der Waals surface area contributed by atoms with Gasteiger partial charge < -0.3 is 0 Å². The van der Waals surface area contributed by atoms with Crippen molar-refractivity contribution >= 4 is 21.4 Å². The summed E-state index contributed by atoms with van der Waals surface area (Å²) >= 11 is 1.82. The molecule has 1 fully saturated rings. The predicted octanol–water partition coefficient (Wildman–Crippen LogP) is 4.77. The minimum atomic E-state index is 0.291. The van der Waals surface area contributed by atoms with Crippen molar-refractivity contribution in [3.8, 4) is 0 Å². The standard InChI is InChI=1S/C17H24N2S/c18-19-16(10-9-13-5-2-1-3-6-13)15-8-4-7-14-11-12-20-17(14)15/h4,7-8,11-13,16,19H,1-3,5-6,9-10,18H2. The fourth-order valence-corrected chi connectivity index (χ4v) is 4.47. The fourth-order valence-electron chi connectivity index (χ4n) is 3.50. The molecule has 1 aromatic heterocycles. The van der Waals surface area contributed by atoms with Gasteiger partial charge in [-0.15, -0.1) is 11.3 Å². The highest BCUT2D eigenvalue weighted by atomic mass is 32.1. The van der Waals surface area contributed by atoms with Gasteiger partial charge in [-0.25, -0.2) is 0 Å². The summed E-state index contributed by atoms with van der Waals surface area (Å²) in [4.78, 5) is 0. The number of nitrogens with one attached hydrogen (secondary N) is 1. The summed E-state index contributed by atoms with van der Waals surface area (Å²) in [6.07, 6.45) is 9.57. The Bertz CT molecular complexity index is 543. The Labute approximate surface area is 125 Å². The lowest BCUT2D eigenvalue weighted by molar-refractivity contribution is 0.315. The molecule has 1 heterocycles. The maximum atomic E-state index is 5.83. The van der Waals surface area contributed by atoms with Gasteiger partial charge in [0.2, 0.25) is 0 Å². The number of thiophene rings is 1. The number of hydrogen-bond donors (Lipinski definition) is 2. The summed E-state index contributed by atoms with van der Waals surface area (Å²) in [6.45, 7) is 0. The third kappa shape index (κ3) is 3.05. The molecule has 0 aliphatic heterocycles. The van der Waals surface area contributed by atoms with Crippen LogP contribution in [-0.2, 0) is 0 Å². The molecule has 0 radical (unpaired) electrons. The van der Waals surface area contributed by atoms with Crippen LogP contribution >= 0.6 is 11.3 Å². The van der Waals surface area contributed by atoms with Crippen LogP contribution < -0.4 is 11.3 Å². The van der Waals surface area contributed by atoms with E-state index in [2.05, 4.69) is 35.1 Å². The van der Waals surface area contributed by atoms with E-state index in [9.17, 15) is 0 Å². The molecule has 0 amide bonds. The minimum Gasteiger partial charge on any atom is -0.271 e. The van der Waals surface area contributed by atoms with Gasteiger partial charge in [-0.3, -0.25) is 11.3 Å². The number of rotatable bonds is 5. The zero-order chi connectivity index (χ0) is 13.8. The maximum Gasteiger partial charge on any atom is 0.0474 e. The molecule has 1 unspecified atom stereocenters. The first-order valence-electron chi connectivity index (χ1n) is 7.80. The molecule has 0 saturated heterocycles. The van der Waals surface area contributed by atoms with Gasteiger partial charge in [0.1, 0.15) is 0 Å². The lowest BCUT2D eigenvalue weighted by atomic mass is 9.84. The smallest absolute Gasteiger partial charge is 0.0474 e. The van der Waals surface area contributed by atoms with Crippen molar-refractivity contribution in [2.75, 3.05) is 0 Å². The molecule has 1 saturated carbocycles. The van der Waals surface area contributed by atoms with E-state index in [1.165, 1.54) is 54.2 Å². The Balaban J connectivity index is 1.70. The molecule has 3 heteroatoms. The maximum absolute atomic E-state index is 5.83. The normalized spacial score (nSPS) is 18.4. The van der Waals surface area contributed by atoms with Crippen LogP contribution in [0.5, 0.6) is 0 Å². The Morgan fingerprint density at radius 2 is 2.05 bits per heavy atom. The van der Waals surface area contributed by atoms with Crippen molar-refractivity contribution in [1.82, 2.24) is 5.43 Å². The Morgan fingerprint density at radius 1 is 1.20 bits per heavy atom. The third-order valence-electron chi connectivity index (χ3n) is 4.67. The SMILES string of the molecule is NNC(CCC1CCCCC1)c1cccc2ccsc12. The van der Waals surface area contributed by atoms with Crippen molar-refractivity contribution in [2.45, 2.75) is 51.0 Å². The van der Waals surface area contributed by atoms with E-state index < -0.39 is 0 Å². The average molecular weight is 288 g/mol. The summed E-state index contributed by atoms with van der Waals surface area (Å²) in [5.74, 6) is 6.75. The van der Waals surface area contributed by atoms with Gasteiger partial charge in [-0.1, -0.05) is 50.3 Å². The van der Waals surface area contributed by atoms with Crippen LogP contribution in [0, 0.1) is 5.92 Å². The van der Waals surface area contributed by atoms with Gasteiger partial charge in [-0.05, 0) is 41.2 Å². The van der Waals surface area contributed by atoms with E-state index in [0.29, 0.717) is 6.04 Å². The van der Waals surface area contributed by atoms with Gasteiger partial charge >= 0.3 is 0 Å². The Morgan fingerprint density at radius 3 is 2.85 bits per heavy atom. The topological polar surface area (TPSA) is 38.0 Å². The highest BCUT2D eigenvalue weighted by Crippen LogP contribution is 2.34. The van der Waals surface area contributed by atoms with E-state index in [1.54, 1.807) is 0 Å². The van der Waals surface area contributed by atoms with E-state index in [1.807, 2.05) is 11.3 Å². The number of fused-ring (bicyclic) bond motifs is 1. The molecule has 0 spiro atoms. The van der Waals surface area contributed by atoms with Crippen molar-refractivity contribution in [3.05, 3.63) is 35.2 Å². The summed E-state index contributed by atoms with van der Waals surface area (Å²) in [5, 5.41) is 3.51. The van der Waals surface area contributed by atoms with Gasteiger partial charge in [0.15, 0.2) is 0 Å². The summed E-state index contributed by atoms with van der Waals surface area (Å²) in [6, 6.07) is 9.04. The molecule has 3 rings (SSSR count). The Hall–Kier alpha value is -0.900. The van der Waals surface area contributed by atoms with Crippen LogP contribution in [0.4, 0.5) is 0 Å². The lowest BCUT2D eigenvalue weighted by Gasteiger charge is -2.24. The van der Waals surface area contributed by atoms with Crippen LogP contribution in [0.25, 0.3) is 10.1 Å². The molecule has 1 aliphatic rings. The highest BCUT2D eigenvalue weighted by molar-refractivity contribution is 7.17. The molecule has 2 nitrogen and oxygen atoms in total. The predicted molar refractivity (Wildman–Crippen MR) is 87.7 cm³/mol. The van der Waals surface area contributed by atoms with E-state index in [0.717, 1.165) is 12.3 Å².